The van der Waals surface area contributed by atoms with Crippen LogP contribution in [0.3, 0.4) is 0 Å². The molecule has 0 aliphatic carbocycles. The van der Waals surface area contributed by atoms with E-state index in [9.17, 15) is 4.79 Å². The Balaban J connectivity index is 1.27. The van der Waals surface area contributed by atoms with Crippen LogP contribution in [0.2, 0.25) is 0 Å². The molecule has 0 bridgehead atoms. The summed E-state index contributed by atoms with van der Waals surface area (Å²) in [6.07, 6.45) is 0. The first-order valence-corrected chi connectivity index (χ1v) is 13.2. The molecule has 0 radical (unpaired) electrons. The zero-order valence-electron chi connectivity index (χ0n) is 20.8. The zero-order valence-corrected chi connectivity index (χ0v) is 22.4. The van der Waals surface area contributed by atoms with E-state index in [1.165, 1.54) is 0 Å². The number of anilines is 3. The fourth-order valence-corrected chi connectivity index (χ4v) is 4.95. The lowest BCUT2D eigenvalue weighted by atomic mass is 9.97. The SMILES string of the molecule is Nc1nc(Nc2cccc(Br)c2)c2cc(-c3ccc(-c4ccc(C(=O)c5ccccc5)cc4)cc3)ccc2n1. The average Bonchev–Trinajstić information content (AvgIpc) is 2.97. The van der Waals surface area contributed by atoms with Crippen LogP contribution in [0.4, 0.5) is 17.5 Å². The van der Waals surface area contributed by atoms with Gasteiger partial charge in [-0.05, 0) is 52.6 Å². The van der Waals surface area contributed by atoms with Crippen LogP contribution >= 0.6 is 15.9 Å². The molecule has 188 valence electrons. The molecular formula is C33H23BrN4O. The molecule has 0 saturated carbocycles. The molecule has 3 N–H and O–H groups in total. The van der Waals surface area contributed by atoms with E-state index in [4.69, 9.17) is 5.73 Å². The first-order valence-electron chi connectivity index (χ1n) is 12.4. The van der Waals surface area contributed by atoms with Gasteiger partial charge in [0.1, 0.15) is 5.82 Å². The molecular weight excluding hydrogens is 548 g/mol. The number of nitrogens with zero attached hydrogens (tertiary/aromatic N) is 2. The number of fused-ring (bicyclic) bond motifs is 1. The number of hydrogen-bond acceptors (Lipinski definition) is 5. The van der Waals surface area contributed by atoms with E-state index in [2.05, 4.69) is 61.5 Å². The number of aromatic nitrogens is 2. The van der Waals surface area contributed by atoms with E-state index in [-0.39, 0.29) is 11.7 Å². The van der Waals surface area contributed by atoms with Gasteiger partial charge in [-0.25, -0.2) is 4.98 Å². The number of ketones is 1. The maximum absolute atomic E-state index is 12.7. The highest BCUT2D eigenvalue weighted by Gasteiger charge is 2.11. The number of nitrogens with two attached hydrogens (primary N) is 1. The highest BCUT2D eigenvalue weighted by Crippen LogP contribution is 2.31. The van der Waals surface area contributed by atoms with Gasteiger partial charge in [0, 0.05) is 26.7 Å². The van der Waals surface area contributed by atoms with Gasteiger partial charge >= 0.3 is 0 Å². The van der Waals surface area contributed by atoms with Crippen LogP contribution in [0.15, 0.2) is 126 Å². The van der Waals surface area contributed by atoms with E-state index in [1.54, 1.807) is 0 Å². The largest absolute Gasteiger partial charge is 0.368 e. The van der Waals surface area contributed by atoms with E-state index < -0.39 is 0 Å². The van der Waals surface area contributed by atoms with Crippen molar-refractivity contribution in [3.05, 3.63) is 137 Å². The second kappa shape index (κ2) is 10.5. The predicted molar refractivity (Wildman–Crippen MR) is 162 cm³/mol. The van der Waals surface area contributed by atoms with Gasteiger partial charge in [0.25, 0.3) is 0 Å². The lowest BCUT2D eigenvalue weighted by molar-refractivity contribution is 0.103. The van der Waals surface area contributed by atoms with E-state index in [1.807, 2.05) is 91.0 Å². The lowest BCUT2D eigenvalue weighted by Crippen LogP contribution is -2.01. The molecule has 6 rings (SSSR count). The number of nitrogen functional groups attached to an aromatic ring is 1. The van der Waals surface area contributed by atoms with Gasteiger partial charge in [0.15, 0.2) is 5.78 Å². The minimum absolute atomic E-state index is 0.0216. The number of benzene rings is 5. The fraction of sp³-hybridized carbons (Fsp3) is 0. The Hall–Kier alpha value is -4.81. The first kappa shape index (κ1) is 24.5. The molecule has 0 amide bonds. The van der Waals surface area contributed by atoms with Gasteiger partial charge in [-0.1, -0.05) is 107 Å². The van der Waals surface area contributed by atoms with Gasteiger partial charge in [0.2, 0.25) is 5.95 Å². The Morgan fingerprint density at radius 2 is 1.26 bits per heavy atom. The van der Waals surface area contributed by atoms with Crippen LogP contribution in [0.1, 0.15) is 15.9 Å². The van der Waals surface area contributed by atoms with Gasteiger partial charge in [-0.15, -0.1) is 0 Å². The molecule has 5 aromatic carbocycles. The smallest absolute Gasteiger partial charge is 0.222 e. The summed E-state index contributed by atoms with van der Waals surface area (Å²) < 4.78 is 0.969. The number of carbonyl (C=O) groups is 1. The lowest BCUT2D eigenvalue weighted by Gasteiger charge is -2.12. The third-order valence-electron chi connectivity index (χ3n) is 6.54. The molecule has 0 spiro atoms. The molecule has 0 unspecified atom stereocenters. The third kappa shape index (κ3) is 5.28. The quantitative estimate of drug-likeness (QED) is 0.197. The molecule has 0 aliphatic heterocycles. The third-order valence-corrected chi connectivity index (χ3v) is 7.03. The van der Waals surface area contributed by atoms with E-state index in [0.717, 1.165) is 43.3 Å². The summed E-state index contributed by atoms with van der Waals surface area (Å²) in [5, 5.41) is 4.25. The Labute approximate surface area is 234 Å². The number of rotatable bonds is 6. The molecule has 6 heteroatoms. The summed E-state index contributed by atoms with van der Waals surface area (Å²) in [6.45, 7) is 0. The summed E-state index contributed by atoms with van der Waals surface area (Å²) in [6, 6.07) is 39.4. The van der Waals surface area contributed by atoms with E-state index in [0.29, 0.717) is 16.9 Å². The van der Waals surface area contributed by atoms with Crippen molar-refractivity contribution in [1.82, 2.24) is 9.97 Å². The highest BCUT2D eigenvalue weighted by molar-refractivity contribution is 9.10. The Bertz CT molecular complexity index is 1800. The van der Waals surface area contributed by atoms with Crippen molar-refractivity contribution in [3.63, 3.8) is 0 Å². The van der Waals surface area contributed by atoms with Gasteiger partial charge in [-0.2, -0.15) is 4.98 Å². The van der Waals surface area contributed by atoms with Crippen LogP contribution in [0.5, 0.6) is 0 Å². The summed E-state index contributed by atoms with van der Waals surface area (Å²) in [5.74, 6) is 0.890. The Morgan fingerprint density at radius 1 is 0.641 bits per heavy atom. The standard InChI is InChI=1S/C33H23BrN4O/c34-27-7-4-8-28(20-27)36-32-29-19-26(17-18-30(29)37-33(35)38-32)23-11-9-21(10-12-23)22-13-15-25(16-14-22)31(39)24-5-2-1-3-6-24/h1-20H,(H3,35,36,37,38). The van der Waals surface area contributed by atoms with Gasteiger partial charge in [-0.3, -0.25) is 4.79 Å². The van der Waals surface area contributed by atoms with Gasteiger partial charge < -0.3 is 11.1 Å². The molecule has 0 aliphatic rings. The van der Waals surface area contributed by atoms with E-state index >= 15 is 0 Å². The Morgan fingerprint density at radius 3 is 1.95 bits per heavy atom. The van der Waals surface area contributed by atoms with Crippen LogP contribution in [0.25, 0.3) is 33.2 Å². The van der Waals surface area contributed by atoms with Crippen LogP contribution < -0.4 is 11.1 Å². The molecule has 1 heterocycles. The van der Waals surface area contributed by atoms with Crippen molar-refractivity contribution in [3.8, 4) is 22.3 Å². The summed E-state index contributed by atoms with van der Waals surface area (Å²) in [5.41, 5.74) is 13.3. The fourth-order valence-electron chi connectivity index (χ4n) is 4.55. The maximum Gasteiger partial charge on any atom is 0.222 e. The minimum Gasteiger partial charge on any atom is -0.368 e. The normalized spacial score (nSPS) is 10.9. The number of halogens is 1. The van der Waals surface area contributed by atoms with Crippen molar-refractivity contribution in [2.45, 2.75) is 0 Å². The number of carbonyl (C=O) groups excluding carboxylic acids is 1. The average molecular weight is 571 g/mol. The Kier molecular flexibility index (Phi) is 6.61. The summed E-state index contributed by atoms with van der Waals surface area (Å²) in [4.78, 5) is 21.6. The van der Waals surface area contributed by atoms with Crippen LogP contribution in [-0.4, -0.2) is 15.8 Å². The van der Waals surface area contributed by atoms with Crippen molar-refractivity contribution >= 4 is 50.1 Å². The zero-order chi connectivity index (χ0) is 26.8. The molecule has 0 atom stereocenters. The second-order valence-electron chi connectivity index (χ2n) is 9.15. The van der Waals surface area contributed by atoms with Crippen molar-refractivity contribution in [1.29, 1.82) is 0 Å². The van der Waals surface area contributed by atoms with Crippen molar-refractivity contribution < 1.29 is 4.79 Å². The minimum atomic E-state index is 0.0216. The molecule has 0 saturated heterocycles. The van der Waals surface area contributed by atoms with Crippen LogP contribution in [0, 0.1) is 0 Å². The molecule has 0 fully saturated rings. The van der Waals surface area contributed by atoms with Crippen molar-refractivity contribution in [2.24, 2.45) is 0 Å². The van der Waals surface area contributed by atoms with Crippen LogP contribution in [-0.2, 0) is 0 Å². The van der Waals surface area contributed by atoms with Gasteiger partial charge in [0.05, 0.1) is 5.52 Å². The molecule has 1 aromatic heterocycles. The topological polar surface area (TPSA) is 80.9 Å². The summed E-state index contributed by atoms with van der Waals surface area (Å²) in [7, 11) is 0. The maximum atomic E-state index is 12.7. The molecule has 5 nitrogen and oxygen atoms in total. The molecule has 39 heavy (non-hydrogen) atoms. The number of hydrogen-bond donors (Lipinski definition) is 2. The molecule has 6 aromatic rings. The van der Waals surface area contributed by atoms with Crippen molar-refractivity contribution in [2.75, 3.05) is 11.1 Å². The first-order chi connectivity index (χ1) is 19.0. The number of nitrogens with one attached hydrogen (secondary N) is 1. The monoisotopic (exact) mass is 570 g/mol. The highest BCUT2D eigenvalue weighted by atomic mass is 79.9. The predicted octanol–water partition coefficient (Wildman–Crippen LogP) is 8.28. The summed E-state index contributed by atoms with van der Waals surface area (Å²) >= 11 is 3.51. The second-order valence-corrected chi connectivity index (χ2v) is 10.1.